The van der Waals surface area contributed by atoms with E-state index in [9.17, 15) is 0 Å². The average molecular weight is 266 g/mol. The first kappa shape index (κ1) is 14.0. The van der Waals surface area contributed by atoms with Crippen molar-refractivity contribution in [2.24, 2.45) is 0 Å². The fraction of sp³-hybridized carbons (Fsp3) is 0.312. The molecule has 0 atom stereocenters. The molecule has 0 unspecified atom stereocenters. The molecule has 0 bridgehead atoms. The monoisotopic (exact) mass is 266 g/mol. The van der Waals surface area contributed by atoms with Gasteiger partial charge in [-0.2, -0.15) is 5.26 Å². The van der Waals surface area contributed by atoms with Gasteiger partial charge in [-0.25, -0.2) is 4.68 Å². The molecule has 0 saturated carbocycles. The van der Waals surface area contributed by atoms with E-state index in [4.69, 9.17) is 5.26 Å². The molecule has 0 aliphatic rings. The maximum atomic E-state index is 9.10. The summed E-state index contributed by atoms with van der Waals surface area (Å²) in [6.45, 7) is 2.97. The molecule has 4 heteroatoms. The Bertz CT molecular complexity index is 605. The molecule has 102 valence electrons. The predicted molar refractivity (Wildman–Crippen MR) is 79.6 cm³/mol. The number of hydrogen-bond donors (Lipinski definition) is 0. The fourth-order valence-corrected chi connectivity index (χ4v) is 1.98. The summed E-state index contributed by atoms with van der Waals surface area (Å²) in [4.78, 5) is 0. The van der Waals surface area contributed by atoms with Gasteiger partial charge in [0.1, 0.15) is 6.07 Å². The van der Waals surface area contributed by atoms with Crippen LogP contribution >= 0.6 is 0 Å². The molecular formula is C16H18N4. The first-order valence-corrected chi connectivity index (χ1v) is 6.92. The highest BCUT2D eigenvalue weighted by Crippen LogP contribution is 2.12. The summed E-state index contributed by atoms with van der Waals surface area (Å²) < 4.78 is 1.81. The highest BCUT2D eigenvalue weighted by molar-refractivity contribution is 5.69. The summed E-state index contributed by atoms with van der Waals surface area (Å²) >= 11 is 0. The molecule has 2 rings (SSSR count). The van der Waals surface area contributed by atoms with E-state index in [0.29, 0.717) is 5.69 Å². The minimum Gasteiger partial charge on any atom is -0.244 e. The van der Waals surface area contributed by atoms with Crippen LogP contribution in [0.4, 0.5) is 0 Å². The number of hydrogen-bond acceptors (Lipinski definition) is 3. The first-order chi connectivity index (χ1) is 9.85. The van der Waals surface area contributed by atoms with E-state index in [0.717, 1.165) is 37.1 Å². The highest BCUT2D eigenvalue weighted by atomic mass is 15.4. The van der Waals surface area contributed by atoms with E-state index in [-0.39, 0.29) is 0 Å². The number of nitrogens with zero attached hydrogens (tertiary/aromatic N) is 4. The molecule has 1 aromatic carbocycles. The molecule has 2 aromatic rings. The van der Waals surface area contributed by atoms with Crippen LogP contribution in [0.3, 0.4) is 0 Å². The van der Waals surface area contributed by atoms with E-state index < -0.39 is 0 Å². The Kier molecular flexibility index (Phi) is 5.08. The lowest BCUT2D eigenvalue weighted by Crippen LogP contribution is -2.02. The minimum absolute atomic E-state index is 0.383. The van der Waals surface area contributed by atoms with Crippen LogP contribution in [0.1, 0.15) is 43.1 Å². The van der Waals surface area contributed by atoms with Crippen LogP contribution in [0, 0.1) is 11.3 Å². The molecule has 0 fully saturated rings. The van der Waals surface area contributed by atoms with Gasteiger partial charge in [-0.3, -0.25) is 0 Å². The van der Waals surface area contributed by atoms with Crippen molar-refractivity contribution in [2.45, 2.75) is 32.7 Å². The normalized spacial score (nSPS) is 10.8. The van der Waals surface area contributed by atoms with Gasteiger partial charge < -0.3 is 0 Å². The zero-order valence-electron chi connectivity index (χ0n) is 11.7. The lowest BCUT2D eigenvalue weighted by molar-refractivity contribution is 0.534. The van der Waals surface area contributed by atoms with Gasteiger partial charge in [0.15, 0.2) is 5.69 Å². The Morgan fingerprint density at radius 2 is 2.00 bits per heavy atom. The average Bonchev–Trinajstić information content (AvgIpc) is 2.88. The number of nitriles is 1. The van der Waals surface area contributed by atoms with Crippen molar-refractivity contribution in [2.75, 3.05) is 0 Å². The van der Waals surface area contributed by atoms with Crippen LogP contribution < -0.4 is 0 Å². The second kappa shape index (κ2) is 7.25. The van der Waals surface area contributed by atoms with E-state index >= 15 is 0 Å². The van der Waals surface area contributed by atoms with Gasteiger partial charge in [-0.05, 0) is 18.1 Å². The number of aryl methyl sites for hydroxylation is 1. The van der Waals surface area contributed by atoms with Crippen LogP contribution in [0.5, 0.6) is 0 Å². The van der Waals surface area contributed by atoms with Gasteiger partial charge in [0, 0.05) is 6.54 Å². The molecule has 0 radical (unpaired) electrons. The van der Waals surface area contributed by atoms with Gasteiger partial charge in [0.2, 0.25) is 0 Å². The van der Waals surface area contributed by atoms with Crippen molar-refractivity contribution in [3.05, 3.63) is 47.3 Å². The number of rotatable bonds is 6. The molecule has 0 amide bonds. The quantitative estimate of drug-likeness (QED) is 0.752. The third-order valence-corrected chi connectivity index (χ3v) is 3.09. The lowest BCUT2D eigenvalue weighted by atomic mass is 10.2. The molecule has 4 nitrogen and oxygen atoms in total. The Balaban J connectivity index is 2.19. The van der Waals surface area contributed by atoms with Gasteiger partial charge >= 0.3 is 0 Å². The van der Waals surface area contributed by atoms with Crippen molar-refractivity contribution < 1.29 is 0 Å². The molecule has 1 aromatic heterocycles. The summed E-state index contributed by atoms with van der Waals surface area (Å²) in [6, 6.07) is 12.1. The standard InChI is InChI=1S/C16H18N4/c1-2-3-7-12-20-16(15(13-17)18-19-20)11-10-14-8-5-4-6-9-14/h4-6,8-11H,2-3,7,12H2,1H3/b11-10+. The third-order valence-electron chi connectivity index (χ3n) is 3.09. The lowest BCUT2D eigenvalue weighted by Gasteiger charge is -2.02. The molecule has 0 spiro atoms. The van der Waals surface area contributed by atoms with Crippen molar-refractivity contribution in [1.82, 2.24) is 15.0 Å². The maximum Gasteiger partial charge on any atom is 0.190 e. The van der Waals surface area contributed by atoms with Crippen molar-refractivity contribution >= 4 is 12.2 Å². The van der Waals surface area contributed by atoms with Crippen molar-refractivity contribution in [1.29, 1.82) is 5.26 Å². The molecule has 0 aliphatic carbocycles. The number of benzene rings is 1. The Morgan fingerprint density at radius 1 is 1.20 bits per heavy atom. The van der Waals surface area contributed by atoms with Crippen LogP contribution in [0.25, 0.3) is 12.2 Å². The van der Waals surface area contributed by atoms with Gasteiger partial charge in [0.25, 0.3) is 0 Å². The van der Waals surface area contributed by atoms with Crippen molar-refractivity contribution in [3.8, 4) is 6.07 Å². The Morgan fingerprint density at radius 3 is 2.70 bits per heavy atom. The third kappa shape index (κ3) is 3.55. The van der Waals surface area contributed by atoms with Gasteiger partial charge in [0.05, 0.1) is 5.69 Å². The van der Waals surface area contributed by atoms with Gasteiger partial charge in [-0.15, -0.1) is 5.10 Å². The molecule has 1 heterocycles. The van der Waals surface area contributed by atoms with E-state index in [1.807, 2.05) is 47.2 Å². The SMILES string of the molecule is CCCCCn1nnc(C#N)c1/C=C/c1ccccc1. The molecule has 0 aliphatic heterocycles. The predicted octanol–water partition coefficient (Wildman–Crippen LogP) is 3.51. The molecule has 0 saturated heterocycles. The van der Waals surface area contributed by atoms with Crippen molar-refractivity contribution in [3.63, 3.8) is 0 Å². The van der Waals surface area contributed by atoms with Crippen LogP contribution in [0.15, 0.2) is 30.3 Å². The smallest absolute Gasteiger partial charge is 0.190 e. The zero-order chi connectivity index (χ0) is 14.2. The number of aromatic nitrogens is 3. The Hall–Kier alpha value is -2.41. The van der Waals surface area contributed by atoms with E-state index in [1.54, 1.807) is 0 Å². The van der Waals surface area contributed by atoms with E-state index in [1.165, 1.54) is 0 Å². The number of unbranched alkanes of at least 4 members (excludes halogenated alkanes) is 2. The second-order valence-corrected chi connectivity index (χ2v) is 4.61. The highest BCUT2D eigenvalue weighted by Gasteiger charge is 2.09. The maximum absolute atomic E-state index is 9.10. The van der Waals surface area contributed by atoms with E-state index in [2.05, 4.69) is 23.3 Å². The first-order valence-electron chi connectivity index (χ1n) is 6.92. The molecule has 20 heavy (non-hydrogen) atoms. The molecule has 0 N–H and O–H groups in total. The Labute approximate surface area is 119 Å². The fourth-order valence-electron chi connectivity index (χ4n) is 1.98. The summed E-state index contributed by atoms with van der Waals surface area (Å²) in [5.74, 6) is 0. The largest absolute Gasteiger partial charge is 0.244 e. The van der Waals surface area contributed by atoms with Crippen LogP contribution in [-0.4, -0.2) is 15.0 Å². The second-order valence-electron chi connectivity index (χ2n) is 4.61. The zero-order valence-corrected chi connectivity index (χ0v) is 11.7. The molecular weight excluding hydrogens is 248 g/mol. The minimum atomic E-state index is 0.383. The summed E-state index contributed by atoms with van der Waals surface area (Å²) in [5.41, 5.74) is 2.26. The van der Waals surface area contributed by atoms with Crippen LogP contribution in [-0.2, 0) is 6.54 Å². The summed E-state index contributed by atoms with van der Waals surface area (Å²) in [5, 5.41) is 17.1. The van der Waals surface area contributed by atoms with Gasteiger partial charge in [-0.1, -0.05) is 61.4 Å². The summed E-state index contributed by atoms with van der Waals surface area (Å²) in [6.07, 6.45) is 7.27. The summed E-state index contributed by atoms with van der Waals surface area (Å²) in [7, 11) is 0. The topological polar surface area (TPSA) is 54.5 Å². The van der Waals surface area contributed by atoms with Crippen LogP contribution in [0.2, 0.25) is 0 Å².